The normalized spacial score (nSPS) is 19.6. The Morgan fingerprint density at radius 3 is 2.66 bits per heavy atom. The van der Waals surface area contributed by atoms with Crippen molar-refractivity contribution in [2.24, 2.45) is 5.92 Å². The van der Waals surface area contributed by atoms with Crippen molar-refractivity contribution in [1.29, 1.82) is 0 Å². The average molecular weight is 440 g/mol. The van der Waals surface area contributed by atoms with Crippen LogP contribution >= 0.6 is 0 Å². The van der Waals surface area contributed by atoms with E-state index in [4.69, 9.17) is 9.26 Å². The molecule has 2 heterocycles. The number of benzene rings is 1. The number of hydrogen-bond donors (Lipinski definition) is 1. The minimum Gasteiger partial charge on any atom is -0.488 e. The van der Waals surface area contributed by atoms with Crippen LogP contribution in [0.25, 0.3) is 0 Å². The third kappa shape index (κ3) is 5.14. The molecule has 2 amide bonds. The van der Waals surface area contributed by atoms with Crippen LogP contribution in [0.3, 0.4) is 0 Å². The SMILES string of the molecule is Cc1noc(C)c1COc1ccccc1C(=O)N1CCCC(C(=O)NC2CCCCC2)C1. The number of nitrogens with one attached hydrogen (secondary N) is 1. The maximum atomic E-state index is 13.4. The molecular formula is C25H33N3O4. The third-order valence-corrected chi connectivity index (χ3v) is 6.70. The molecule has 0 radical (unpaired) electrons. The van der Waals surface area contributed by atoms with Gasteiger partial charge >= 0.3 is 0 Å². The Hall–Kier alpha value is -2.83. The molecule has 1 atom stereocenters. The van der Waals surface area contributed by atoms with Crippen molar-refractivity contribution in [2.45, 2.75) is 71.4 Å². The van der Waals surface area contributed by atoms with Crippen LogP contribution in [0.5, 0.6) is 5.75 Å². The molecular weight excluding hydrogens is 406 g/mol. The van der Waals surface area contributed by atoms with Gasteiger partial charge in [-0.25, -0.2) is 0 Å². The van der Waals surface area contributed by atoms with Gasteiger partial charge in [-0.15, -0.1) is 0 Å². The Morgan fingerprint density at radius 1 is 1.12 bits per heavy atom. The van der Waals surface area contributed by atoms with Crippen molar-refractivity contribution in [2.75, 3.05) is 13.1 Å². The van der Waals surface area contributed by atoms with E-state index in [1.165, 1.54) is 19.3 Å². The lowest BCUT2D eigenvalue weighted by atomic mass is 9.92. The number of likely N-dealkylation sites (tertiary alicyclic amines) is 1. The Morgan fingerprint density at radius 2 is 1.91 bits per heavy atom. The first-order chi connectivity index (χ1) is 15.5. The van der Waals surface area contributed by atoms with Gasteiger partial charge in [0.1, 0.15) is 18.1 Å². The molecule has 0 spiro atoms. The third-order valence-electron chi connectivity index (χ3n) is 6.70. The summed E-state index contributed by atoms with van der Waals surface area (Å²) in [6.07, 6.45) is 7.42. The Balaban J connectivity index is 1.40. The maximum Gasteiger partial charge on any atom is 0.257 e. The standard InChI is InChI=1S/C25H33N3O4/c1-17-22(18(2)32-27-17)16-31-23-13-7-6-12-21(23)25(30)28-14-8-9-19(15-28)24(29)26-20-10-4-3-5-11-20/h6-7,12-13,19-20H,3-5,8-11,14-16H2,1-2H3,(H,26,29). The van der Waals surface area contributed by atoms with Gasteiger partial charge in [0.15, 0.2) is 0 Å². The van der Waals surface area contributed by atoms with Gasteiger partial charge in [0.05, 0.1) is 22.7 Å². The highest BCUT2D eigenvalue weighted by Crippen LogP contribution is 2.26. The van der Waals surface area contributed by atoms with Gasteiger partial charge in [-0.2, -0.15) is 0 Å². The van der Waals surface area contributed by atoms with E-state index < -0.39 is 0 Å². The predicted molar refractivity (Wildman–Crippen MR) is 120 cm³/mol. The second-order valence-corrected chi connectivity index (χ2v) is 9.02. The smallest absolute Gasteiger partial charge is 0.257 e. The van der Waals surface area contributed by atoms with E-state index in [-0.39, 0.29) is 24.3 Å². The van der Waals surface area contributed by atoms with E-state index in [2.05, 4.69) is 10.5 Å². The summed E-state index contributed by atoms with van der Waals surface area (Å²) in [5, 5.41) is 7.19. The molecule has 1 aromatic carbocycles. The molecule has 2 fully saturated rings. The van der Waals surface area contributed by atoms with E-state index in [0.717, 1.165) is 36.9 Å². The van der Waals surface area contributed by atoms with Crippen LogP contribution in [0.2, 0.25) is 0 Å². The van der Waals surface area contributed by atoms with E-state index in [1.54, 1.807) is 11.0 Å². The molecule has 1 aliphatic carbocycles. The van der Waals surface area contributed by atoms with Crippen LogP contribution in [-0.4, -0.2) is 41.0 Å². The van der Waals surface area contributed by atoms with Gasteiger partial charge in [-0.3, -0.25) is 9.59 Å². The zero-order chi connectivity index (χ0) is 22.5. The van der Waals surface area contributed by atoms with Gasteiger partial charge in [0, 0.05) is 19.1 Å². The van der Waals surface area contributed by atoms with Crippen LogP contribution in [-0.2, 0) is 11.4 Å². The number of aromatic nitrogens is 1. The summed E-state index contributed by atoms with van der Waals surface area (Å²) in [7, 11) is 0. The highest BCUT2D eigenvalue weighted by atomic mass is 16.5. The van der Waals surface area contributed by atoms with Gasteiger partial charge in [0.2, 0.25) is 5.91 Å². The number of piperidine rings is 1. The Kier molecular flexibility index (Phi) is 7.12. The lowest BCUT2D eigenvalue weighted by molar-refractivity contribution is -0.127. The minimum atomic E-state index is -0.148. The second-order valence-electron chi connectivity index (χ2n) is 9.02. The van der Waals surface area contributed by atoms with Crippen molar-refractivity contribution in [3.05, 3.63) is 46.8 Å². The number of para-hydroxylation sites is 1. The van der Waals surface area contributed by atoms with Crippen LogP contribution in [0.15, 0.2) is 28.8 Å². The molecule has 1 saturated carbocycles. The molecule has 7 nitrogen and oxygen atoms in total. The van der Waals surface area contributed by atoms with E-state index in [9.17, 15) is 9.59 Å². The summed E-state index contributed by atoms with van der Waals surface area (Å²) < 4.78 is 11.2. The first-order valence-corrected chi connectivity index (χ1v) is 11.8. The van der Waals surface area contributed by atoms with Gasteiger partial charge in [0.25, 0.3) is 5.91 Å². The number of rotatable bonds is 6. The number of amides is 2. The van der Waals surface area contributed by atoms with Crippen LogP contribution in [0.1, 0.15) is 72.3 Å². The number of carbonyl (C=O) groups excluding carboxylic acids is 2. The summed E-state index contributed by atoms with van der Waals surface area (Å²) in [5.41, 5.74) is 2.20. The van der Waals surface area contributed by atoms with E-state index >= 15 is 0 Å². The first-order valence-electron chi connectivity index (χ1n) is 11.8. The highest BCUT2D eigenvalue weighted by molar-refractivity contribution is 5.97. The molecule has 2 aliphatic rings. The molecule has 32 heavy (non-hydrogen) atoms. The number of nitrogens with zero attached hydrogens (tertiary/aromatic N) is 2. The summed E-state index contributed by atoms with van der Waals surface area (Å²) in [6.45, 7) is 5.12. The van der Waals surface area contributed by atoms with E-state index in [0.29, 0.717) is 36.2 Å². The monoisotopic (exact) mass is 439 g/mol. The molecule has 1 saturated heterocycles. The summed E-state index contributed by atoms with van der Waals surface area (Å²) in [4.78, 5) is 28.0. The topological polar surface area (TPSA) is 84.7 Å². The van der Waals surface area contributed by atoms with Gasteiger partial charge in [-0.1, -0.05) is 36.6 Å². The van der Waals surface area contributed by atoms with Crippen LogP contribution < -0.4 is 10.1 Å². The molecule has 2 aromatic rings. The maximum absolute atomic E-state index is 13.4. The summed E-state index contributed by atoms with van der Waals surface area (Å²) in [6, 6.07) is 7.59. The fraction of sp³-hybridized carbons (Fsp3) is 0.560. The molecule has 1 N–H and O–H groups in total. The fourth-order valence-electron chi connectivity index (χ4n) is 4.74. The molecule has 4 rings (SSSR count). The van der Waals surface area contributed by atoms with Crippen molar-refractivity contribution in [3.8, 4) is 5.75 Å². The number of carbonyl (C=O) groups is 2. The lowest BCUT2D eigenvalue weighted by Crippen LogP contribution is -2.48. The number of hydrogen-bond acceptors (Lipinski definition) is 5. The zero-order valence-electron chi connectivity index (χ0n) is 19.1. The molecule has 172 valence electrons. The highest BCUT2D eigenvalue weighted by Gasteiger charge is 2.31. The average Bonchev–Trinajstić information content (AvgIpc) is 3.15. The Bertz CT molecular complexity index is 929. The van der Waals surface area contributed by atoms with Crippen molar-refractivity contribution in [3.63, 3.8) is 0 Å². The van der Waals surface area contributed by atoms with Crippen LogP contribution in [0, 0.1) is 19.8 Å². The number of aryl methyl sites for hydroxylation is 2. The molecule has 7 heteroatoms. The molecule has 1 unspecified atom stereocenters. The molecule has 1 aliphatic heterocycles. The summed E-state index contributed by atoms with van der Waals surface area (Å²) in [5.74, 6) is 1.11. The summed E-state index contributed by atoms with van der Waals surface area (Å²) >= 11 is 0. The number of ether oxygens (including phenoxy) is 1. The zero-order valence-corrected chi connectivity index (χ0v) is 19.1. The molecule has 1 aromatic heterocycles. The first kappa shape index (κ1) is 22.4. The minimum absolute atomic E-state index is 0.0884. The lowest BCUT2D eigenvalue weighted by Gasteiger charge is -2.33. The van der Waals surface area contributed by atoms with Crippen molar-refractivity contribution in [1.82, 2.24) is 15.4 Å². The predicted octanol–water partition coefficient (Wildman–Crippen LogP) is 4.17. The van der Waals surface area contributed by atoms with Gasteiger partial charge in [-0.05, 0) is 51.7 Å². The fourth-order valence-corrected chi connectivity index (χ4v) is 4.74. The van der Waals surface area contributed by atoms with Crippen molar-refractivity contribution < 1.29 is 18.8 Å². The van der Waals surface area contributed by atoms with Crippen molar-refractivity contribution >= 4 is 11.8 Å². The largest absolute Gasteiger partial charge is 0.488 e. The Labute approximate surface area is 189 Å². The van der Waals surface area contributed by atoms with Gasteiger partial charge < -0.3 is 19.5 Å². The molecule has 0 bridgehead atoms. The van der Waals surface area contributed by atoms with E-state index in [1.807, 2.05) is 32.0 Å². The quantitative estimate of drug-likeness (QED) is 0.730. The second kappa shape index (κ2) is 10.2. The van der Waals surface area contributed by atoms with Crippen LogP contribution in [0.4, 0.5) is 0 Å².